The average molecular weight is 771 g/mol. The van der Waals surface area contributed by atoms with E-state index in [0.717, 1.165) is 6.08 Å². The molecular formula is C35H46O19. The molecule has 0 aromatic heterocycles. The fourth-order valence-corrected chi connectivity index (χ4v) is 6.02. The number of rotatable bonds is 12. The summed E-state index contributed by atoms with van der Waals surface area (Å²) in [4.78, 5) is 12.1. The van der Waals surface area contributed by atoms with Crippen LogP contribution in [0.5, 0.6) is 23.0 Å². The van der Waals surface area contributed by atoms with Gasteiger partial charge in [0.1, 0.15) is 61.0 Å². The first-order chi connectivity index (χ1) is 25.5. The van der Waals surface area contributed by atoms with Crippen LogP contribution in [0.15, 0.2) is 42.5 Å². The monoisotopic (exact) mass is 770 g/mol. The first-order valence-electron chi connectivity index (χ1n) is 17.1. The van der Waals surface area contributed by atoms with Crippen LogP contribution in [0.25, 0.3) is 6.08 Å². The third kappa shape index (κ3) is 9.58. The number of aliphatic hydroxyl groups excluding tert-OH is 8. The Balaban J connectivity index is 1.12. The normalized spacial score (nSPS) is 37.3. The molecule has 0 bridgehead atoms. The maximum Gasteiger partial charge on any atom is 0.330 e. The molecule has 19 heteroatoms. The summed E-state index contributed by atoms with van der Waals surface area (Å²) >= 11 is 0. The van der Waals surface area contributed by atoms with Gasteiger partial charge in [-0.05, 0) is 55.3 Å². The van der Waals surface area contributed by atoms with Crippen molar-refractivity contribution < 1.29 is 94.1 Å². The highest BCUT2D eigenvalue weighted by atomic mass is 16.8. The molecule has 3 saturated heterocycles. The first-order valence-corrected chi connectivity index (χ1v) is 17.1. The number of esters is 1. The lowest BCUT2D eigenvalue weighted by Gasteiger charge is -2.46. The van der Waals surface area contributed by atoms with Crippen LogP contribution in [0.3, 0.4) is 0 Å². The molecular weight excluding hydrogens is 724 g/mol. The molecule has 0 aliphatic carbocycles. The molecule has 300 valence electrons. The number of hydrogen-bond acceptors (Lipinski definition) is 19. The number of benzene rings is 2. The largest absolute Gasteiger partial charge is 0.504 e. The van der Waals surface area contributed by atoms with E-state index in [1.807, 2.05) is 0 Å². The SMILES string of the molecule is C[C@@H]1O[C@@H](Oc2ccc(CCOC(=O)C=Cc3ccc(O)c(O)c3)cc2O)[C@@H](O)[C@H](O)[C@H]1O[C@@H]1O[C@H](CO[C@@H]2O[C@H](C)[C@H](O)[C@H](O)[C@H]2O)[C@H](O)[C@H](O)[C@H]1O. The highest BCUT2D eigenvalue weighted by Crippen LogP contribution is 2.34. The lowest BCUT2D eigenvalue weighted by Crippen LogP contribution is -2.64. The van der Waals surface area contributed by atoms with Gasteiger partial charge in [-0.1, -0.05) is 12.1 Å². The van der Waals surface area contributed by atoms with Crippen molar-refractivity contribution in [3.63, 3.8) is 0 Å². The Labute approximate surface area is 308 Å². The minimum atomic E-state index is -1.84. The molecule has 54 heavy (non-hydrogen) atoms. The molecule has 0 unspecified atom stereocenters. The second-order valence-electron chi connectivity index (χ2n) is 13.2. The van der Waals surface area contributed by atoms with Crippen LogP contribution in [0, 0.1) is 0 Å². The summed E-state index contributed by atoms with van der Waals surface area (Å²) in [5.74, 6) is -1.77. The molecule has 3 aliphatic heterocycles. The van der Waals surface area contributed by atoms with E-state index in [2.05, 4.69) is 0 Å². The molecule has 5 rings (SSSR count). The Morgan fingerprint density at radius 1 is 0.685 bits per heavy atom. The topological polar surface area (TPSA) is 304 Å². The van der Waals surface area contributed by atoms with E-state index in [9.17, 15) is 61.0 Å². The highest BCUT2D eigenvalue weighted by Gasteiger charge is 2.51. The molecule has 2 aromatic carbocycles. The summed E-state index contributed by atoms with van der Waals surface area (Å²) in [5.41, 5.74) is 1.02. The van der Waals surface area contributed by atoms with Gasteiger partial charge in [0.15, 0.2) is 35.6 Å². The van der Waals surface area contributed by atoms with Gasteiger partial charge in [0, 0.05) is 12.5 Å². The molecule has 0 amide bonds. The number of phenolic OH excluding ortho intramolecular Hbond substituents is 3. The van der Waals surface area contributed by atoms with Crippen LogP contribution in [0.1, 0.15) is 25.0 Å². The molecule has 2 aromatic rings. The van der Waals surface area contributed by atoms with E-state index >= 15 is 0 Å². The summed E-state index contributed by atoms with van der Waals surface area (Å²) in [6.45, 7) is 2.30. The number of phenols is 3. The van der Waals surface area contributed by atoms with Gasteiger partial charge in [-0.2, -0.15) is 0 Å². The molecule has 11 N–H and O–H groups in total. The zero-order valence-corrected chi connectivity index (χ0v) is 29.1. The smallest absolute Gasteiger partial charge is 0.330 e. The quantitative estimate of drug-likeness (QED) is 0.0603. The standard InChI is InChI=1S/C35H46O19/c1-14-24(40)26(42)29(45)33(50-14)49-13-22-25(41)27(43)30(46)35(53-22)54-32-15(2)51-34(31(47)28(32)44)52-21-7-4-17(12-20(21)38)9-10-48-23(39)8-5-16-3-6-18(36)19(37)11-16/h3-8,11-12,14-15,22,24-38,40-47H,9-10,13H2,1-2H3/t14-,15+,22-,24+,25+,26+,27+,28+,29-,30-,31+,32+,33-,34+,35+/m1/s1. The lowest BCUT2D eigenvalue weighted by atomic mass is 9.97. The van der Waals surface area contributed by atoms with Gasteiger partial charge >= 0.3 is 5.97 Å². The van der Waals surface area contributed by atoms with Gasteiger partial charge in [0.05, 0.1) is 25.4 Å². The maximum absolute atomic E-state index is 12.1. The fourth-order valence-electron chi connectivity index (χ4n) is 6.02. The predicted molar refractivity (Wildman–Crippen MR) is 178 cm³/mol. The van der Waals surface area contributed by atoms with Crippen LogP contribution in [-0.4, -0.2) is 167 Å². The third-order valence-corrected chi connectivity index (χ3v) is 9.28. The van der Waals surface area contributed by atoms with Crippen LogP contribution >= 0.6 is 0 Å². The Kier molecular flexibility index (Phi) is 13.7. The van der Waals surface area contributed by atoms with E-state index in [0.29, 0.717) is 11.1 Å². The summed E-state index contributed by atoms with van der Waals surface area (Å²) in [6, 6.07) is 8.31. The minimum absolute atomic E-state index is 0.0468. The van der Waals surface area contributed by atoms with E-state index < -0.39 is 105 Å². The Bertz CT molecular complexity index is 1590. The van der Waals surface area contributed by atoms with E-state index in [1.54, 1.807) is 6.07 Å². The third-order valence-electron chi connectivity index (χ3n) is 9.28. The number of ether oxygens (including phenoxy) is 7. The molecule has 0 radical (unpaired) electrons. The van der Waals surface area contributed by atoms with Crippen LogP contribution in [0.4, 0.5) is 0 Å². The molecule has 0 saturated carbocycles. The number of aromatic hydroxyl groups is 3. The van der Waals surface area contributed by atoms with Crippen molar-refractivity contribution in [3.8, 4) is 23.0 Å². The summed E-state index contributed by atoms with van der Waals surface area (Å²) < 4.78 is 38.7. The lowest BCUT2D eigenvalue weighted by molar-refractivity contribution is -0.356. The summed E-state index contributed by atoms with van der Waals surface area (Å²) in [7, 11) is 0. The van der Waals surface area contributed by atoms with Gasteiger partial charge in [-0.25, -0.2) is 4.79 Å². The van der Waals surface area contributed by atoms with Crippen molar-refractivity contribution in [1.82, 2.24) is 0 Å². The molecule has 3 aliphatic rings. The summed E-state index contributed by atoms with van der Waals surface area (Å²) in [5, 5.41) is 113. The number of hydrogen-bond donors (Lipinski definition) is 11. The second-order valence-corrected chi connectivity index (χ2v) is 13.2. The molecule has 3 heterocycles. The van der Waals surface area contributed by atoms with Gasteiger partial charge in [-0.15, -0.1) is 0 Å². The Hall–Kier alpha value is -3.67. The van der Waals surface area contributed by atoms with Gasteiger partial charge in [0.25, 0.3) is 0 Å². The first kappa shape index (κ1) is 41.5. The fraction of sp³-hybridized carbons (Fsp3) is 0.571. The van der Waals surface area contributed by atoms with Crippen LogP contribution in [-0.2, 0) is 39.6 Å². The molecule has 0 spiro atoms. The number of carbonyl (C=O) groups excluding carboxylic acids is 1. The van der Waals surface area contributed by atoms with Crippen LogP contribution < -0.4 is 4.74 Å². The van der Waals surface area contributed by atoms with Crippen molar-refractivity contribution in [1.29, 1.82) is 0 Å². The highest BCUT2D eigenvalue weighted by molar-refractivity contribution is 5.87. The van der Waals surface area contributed by atoms with Crippen LogP contribution in [0.2, 0.25) is 0 Å². The number of aliphatic hydroxyl groups is 8. The van der Waals surface area contributed by atoms with Gasteiger partial charge < -0.3 is 89.3 Å². The second kappa shape index (κ2) is 17.9. The van der Waals surface area contributed by atoms with Gasteiger partial charge in [-0.3, -0.25) is 0 Å². The predicted octanol–water partition coefficient (Wildman–Crippen LogP) is -2.52. The van der Waals surface area contributed by atoms with Gasteiger partial charge in [0.2, 0.25) is 6.29 Å². The molecule has 3 fully saturated rings. The molecule has 19 nitrogen and oxygen atoms in total. The van der Waals surface area contributed by atoms with Crippen molar-refractivity contribution in [2.24, 2.45) is 0 Å². The van der Waals surface area contributed by atoms with Crippen molar-refractivity contribution >= 4 is 12.0 Å². The van der Waals surface area contributed by atoms with Crippen molar-refractivity contribution in [2.75, 3.05) is 13.2 Å². The van der Waals surface area contributed by atoms with E-state index in [-0.39, 0.29) is 36.0 Å². The Morgan fingerprint density at radius 2 is 1.35 bits per heavy atom. The zero-order chi connectivity index (χ0) is 39.4. The minimum Gasteiger partial charge on any atom is -0.504 e. The van der Waals surface area contributed by atoms with Crippen molar-refractivity contribution in [2.45, 2.75) is 112 Å². The van der Waals surface area contributed by atoms with Crippen molar-refractivity contribution in [3.05, 3.63) is 53.6 Å². The summed E-state index contributed by atoms with van der Waals surface area (Å²) in [6.07, 6.45) is -20.2. The zero-order valence-electron chi connectivity index (χ0n) is 29.1. The molecule has 15 atom stereocenters. The Morgan fingerprint density at radius 3 is 2.06 bits per heavy atom. The van der Waals surface area contributed by atoms with E-state index in [1.165, 1.54) is 50.3 Å². The van der Waals surface area contributed by atoms with E-state index in [4.69, 9.17) is 33.2 Å². The maximum atomic E-state index is 12.1. The average Bonchev–Trinajstić information content (AvgIpc) is 3.14. The number of carbonyl (C=O) groups is 1.